The number of ether oxygens (including phenoxy) is 3. The largest absolute Gasteiger partial charge is 0.496 e. The van der Waals surface area contributed by atoms with E-state index in [4.69, 9.17) is 24.4 Å². The van der Waals surface area contributed by atoms with Gasteiger partial charge in [-0.15, -0.1) is 0 Å². The van der Waals surface area contributed by atoms with Gasteiger partial charge in [-0.1, -0.05) is 18.2 Å². The summed E-state index contributed by atoms with van der Waals surface area (Å²) in [5.41, 5.74) is 0.976. The van der Waals surface area contributed by atoms with Crippen molar-refractivity contribution in [3.8, 4) is 17.2 Å². The first-order chi connectivity index (χ1) is 15.3. The zero-order valence-corrected chi connectivity index (χ0v) is 16.9. The summed E-state index contributed by atoms with van der Waals surface area (Å²) in [5.74, 6) is -2.86. The van der Waals surface area contributed by atoms with Crippen LogP contribution in [0.3, 0.4) is 0 Å². The number of benzene rings is 2. The number of carboxylic acids is 2. The predicted molar refractivity (Wildman–Crippen MR) is 110 cm³/mol. The number of aliphatic carboxylic acids is 2. The molecule has 1 heterocycles. The van der Waals surface area contributed by atoms with E-state index in [2.05, 4.69) is 5.32 Å². The highest BCUT2D eigenvalue weighted by molar-refractivity contribution is 6.14. The maximum atomic E-state index is 12.6. The maximum absolute atomic E-state index is 12.6. The lowest BCUT2D eigenvalue weighted by atomic mass is 10.1. The van der Waals surface area contributed by atoms with Gasteiger partial charge < -0.3 is 29.7 Å². The molecule has 0 saturated heterocycles. The van der Waals surface area contributed by atoms with Crippen LogP contribution in [0.15, 0.2) is 48.2 Å². The number of fused-ring (bicyclic) bond motifs is 1. The predicted octanol–water partition coefficient (Wildman–Crippen LogP) is 1.73. The number of Topliss-reactive ketones (excluding diaryl/α,β-unsaturated/α-hetero) is 1. The SMILES string of the molecule is COc1ccccc1C=C1Oc2cc(OCC(=O)NC(CC(=O)O)C(=O)O)ccc2C1=O. The third-order valence-electron chi connectivity index (χ3n) is 4.45. The number of para-hydroxylation sites is 1. The lowest BCUT2D eigenvalue weighted by Gasteiger charge is -2.13. The van der Waals surface area contributed by atoms with E-state index in [9.17, 15) is 19.2 Å². The van der Waals surface area contributed by atoms with E-state index in [1.807, 2.05) is 0 Å². The van der Waals surface area contributed by atoms with Gasteiger partial charge in [0.25, 0.3) is 5.91 Å². The van der Waals surface area contributed by atoms with Gasteiger partial charge in [-0.05, 0) is 24.3 Å². The van der Waals surface area contributed by atoms with Crippen LogP contribution in [-0.2, 0) is 14.4 Å². The van der Waals surface area contributed by atoms with Gasteiger partial charge in [0.05, 0.1) is 19.1 Å². The summed E-state index contributed by atoms with van der Waals surface area (Å²) < 4.78 is 16.2. The molecule has 1 unspecified atom stereocenters. The zero-order valence-electron chi connectivity index (χ0n) is 16.9. The van der Waals surface area contributed by atoms with Gasteiger partial charge >= 0.3 is 11.9 Å². The quantitative estimate of drug-likeness (QED) is 0.495. The molecule has 3 N–H and O–H groups in total. The van der Waals surface area contributed by atoms with E-state index >= 15 is 0 Å². The molecule has 0 radical (unpaired) electrons. The third-order valence-corrected chi connectivity index (χ3v) is 4.45. The van der Waals surface area contributed by atoms with Gasteiger partial charge in [0.2, 0.25) is 5.78 Å². The molecule has 1 aliphatic rings. The van der Waals surface area contributed by atoms with Crippen LogP contribution in [-0.4, -0.2) is 53.6 Å². The number of amides is 1. The van der Waals surface area contributed by atoms with Gasteiger partial charge in [0.15, 0.2) is 12.4 Å². The zero-order chi connectivity index (χ0) is 23.3. The Labute approximate surface area is 182 Å². The number of carbonyl (C=O) groups excluding carboxylic acids is 2. The van der Waals surface area contributed by atoms with Crippen LogP contribution in [0.25, 0.3) is 6.08 Å². The van der Waals surface area contributed by atoms with Crippen molar-refractivity contribution >= 4 is 29.7 Å². The van der Waals surface area contributed by atoms with E-state index in [0.29, 0.717) is 16.9 Å². The Morgan fingerprint density at radius 1 is 1.16 bits per heavy atom. The first-order valence-corrected chi connectivity index (χ1v) is 9.36. The first kappa shape index (κ1) is 22.3. The molecule has 0 aromatic heterocycles. The second-order valence-electron chi connectivity index (χ2n) is 6.68. The van der Waals surface area contributed by atoms with E-state index in [1.165, 1.54) is 25.3 Å². The molecule has 2 aromatic rings. The summed E-state index contributed by atoms with van der Waals surface area (Å²) >= 11 is 0. The summed E-state index contributed by atoms with van der Waals surface area (Å²) in [5, 5.41) is 19.8. The van der Waals surface area contributed by atoms with Crippen molar-refractivity contribution in [2.75, 3.05) is 13.7 Å². The lowest BCUT2D eigenvalue weighted by Crippen LogP contribution is -2.44. The van der Waals surface area contributed by atoms with Crippen molar-refractivity contribution in [3.05, 3.63) is 59.4 Å². The Balaban J connectivity index is 1.67. The molecule has 0 bridgehead atoms. The summed E-state index contributed by atoms with van der Waals surface area (Å²) in [6.45, 7) is -0.556. The van der Waals surface area contributed by atoms with Gasteiger partial charge in [-0.3, -0.25) is 14.4 Å². The van der Waals surface area contributed by atoms with Crippen molar-refractivity contribution in [2.45, 2.75) is 12.5 Å². The molecule has 32 heavy (non-hydrogen) atoms. The lowest BCUT2D eigenvalue weighted by molar-refractivity contribution is -0.147. The summed E-state index contributed by atoms with van der Waals surface area (Å²) in [6, 6.07) is 9.91. The van der Waals surface area contributed by atoms with Gasteiger partial charge in [-0.2, -0.15) is 0 Å². The molecule has 166 valence electrons. The Morgan fingerprint density at radius 2 is 1.91 bits per heavy atom. The van der Waals surface area contributed by atoms with E-state index in [1.54, 1.807) is 30.3 Å². The average Bonchev–Trinajstić information content (AvgIpc) is 3.06. The van der Waals surface area contributed by atoms with Crippen molar-refractivity contribution in [1.29, 1.82) is 0 Å². The minimum Gasteiger partial charge on any atom is -0.496 e. The number of carbonyl (C=O) groups is 4. The Morgan fingerprint density at radius 3 is 2.59 bits per heavy atom. The second-order valence-corrected chi connectivity index (χ2v) is 6.68. The fourth-order valence-corrected chi connectivity index (χ4v) is 2.94. The van der Waals surface area contributed by atoms with Crippen molar-refractivity contribution in [1.82, 2.24) is 5.32 Å². The summed E-state index contributed by atoms with van der Waals surface area (Å²) in [7, 11) is 1.52. The number of hydrogen-bond acceptors (Lipinski definition) is 7. The maximum Gasteiger partial charge on any atom is 0.326 e. The fraction of sp³-hybridized carbons (Fsp3) is 0.182. The van der Waals surface area contributed by atoms with Crippen LogP contribution in [0.5, 0.6) is 17.2 Å². The van der Waals surface area contributed by atoms with E-state index < -0.39 is 36.9 Å². The number of hydrogen-bond donors (Lipinski definition) is 3. The smallest absolute Gasteiger partial charge is 0.326 e. The fourth-order valence-electron chi connectivity index (χ4n) is 2.94. The number of carboxylic acid groups (broad SMARTS) is 2. The molecule has 3 rings (SSSR count). The van der Waals surface area contributed by atoms with E-state index in [-0.39, 0.29) is 23.0 Å². The van der Waals surface area contributed by atoms with Crippen LogP contribution in [0, 0.1) is 0 Å². The molecule has 0 fully saturated rings. The highest BCUT2D eigenvalue weighted by atomic mass is 16.5. The van der Waals surface area contributed by atoms with Crippen LogP contribution >= 0.6 is 0 Å². The molecule has 1 amide bonds. The van der Waals surface area contributed by atoms with Crippen LogP contribution in [0.2, 0.25) is 0 Å². The monoisotopic (exact) mass is 441 g/mol. The first-order valence-electron chi connectivity index (χ1n) is 9.36. The van der Waals surface area contributed by atoms with Crippen molar-refractivity contribution in [3.63, 3.8) is 0 Å². The number of nitrogens with one attached hydrogen (secondary N) is 1. The Bertz CT molecular complexity index is 1110. The molecule has 1 aliphatic heterocycles. The topological polar surface area (TPSA) is 148 Å². The standard InChI is InChI=1S/C22H19NO9/c1-30-16-5-3-2-4-12(16)8-18-21(27)14-7-6-13(9-17(14)32-18)31-11-19(24)23-15(22(28)29)10-20(25)26/h2-9,15H,10-11H2,1H3,(H,23,24)(H,25,26)(H,28,29). The Kier molecular flexibility index (Phi) is 6.74. The molecule has 0 saturated carbocycles. The second kappa shape index (κ2) is 9.65. The van der Waals surface area contributed by atoms with E-state index in [0.717, 1.165) is 0 Å². The number of methoxy groups -OCH3 is 1. The molecule has 10 heteroatoms. The molecule has 10 nitrogen and oxygen atoms in total. The van der Waals surface area contributed by atoms with Crippen LogP contribution < -0.4 is 19.5 Å². The molecule has 0 spiro atoms. The van der Waals surface area contributed by atoms with Crippen molar-refractivity contribution in [2.24, 2.45) is 0 Å². The molecule has 0 aliphatic carbocycles. The molecule has 1 atom stereocenters. The minimum atomic E-state index is -1.58. The van der Waals surface area contributed by atoms with Crippen LogP contribution in [0.1, 0.15) is 22.3 Å². The third kappa shape index (κ3) is 5.22. The van der Waals surface area contributed by atoms with Gasteiger partial charge in [0, 0.05) is 11.6 Å². The Hall–Kier alpha value is -4.34. The minimum absolute atomic E-state index is 0.0948. The van der Waals surface area contributed by atoms with Crippen molar-refractivity contribution < 1.29 is 43.6 Å². The molecular weight excluding hydrogens is 422 g/mol. The number of rotatable bonds is 9. The average molecular weight is 441 g/mol. The normalized spacial score (nSPS) is 14.3. The summed E-state index contributed by atoms with van der Waals surface area (Å²) in [4.78, 5) is 46.2. The van der Waals surface area contributed by atoms with Crippen LogP contribution in [0.4, 0.5) is 0 Å². The molecular formula is C22H19NO9. The summed E-state index contributed by atoms with van der Waals surface area (Å²) in [6.07, 6.45) is 0.792. The highest BCUT2D eigenvalue weighted by Crippen LogP contribution is 2.35. The number of allylic oxidation sites excluding steroid dienone is 1. The van der Waals surface area contributed by atoms with Gasteiger partial charge in [-0.25, -0.2) is 4.79 Å². The highest BCUT2D eigenvalue weighted by Gasteiger charge is 2.28. The molecule has 2 aromatic carbocycles. The van der Waals surface area contributed by atoms with Gasteiger partial charge in [0.1, 0.15) is 23.3 Å². The number of ketones is 1.